The Labute approximate surface area is 103 Å². The molecule has 1 aliphatic carbocycles. The minimum Gasteiger partial charge on any atom is -0.324 e. The van der Waals surface area contributed by atoms with E-state index in [1.807, 2.05) is 0 Å². The van der Waals surface area contributed by atoms with Crippen LogP contribution in [0.5, 0.6) is 0 Å². The SMILES string of the molecule is N[C@H](CC1CC1)c1cc(Cl)cc(C(F)(F)F)c1. The van der Waals surface area contributed by atoms with Crippen LogP contribution in [-0.4, -0.2) is 0 Å². The Balaban J connectivity index is 2.23. The summed E-state index contributed by atoms with van der Waals surface area (Å²) in [7, 11) is 0. The zero-order valence-corrected chi connectivity index (χ0v) is 9.85. The lowest BCUT2D eigenvalue weighted by molar-refractivity contribution is -0.137. The molecule has 5 heteroatoms. The van der Waals surface area contributed by atoms with Crippen molar-refractivity contribution in [3.63, 3.8) is 0 Å². The summed E-state index contributed by atoms with van der Waals surface area (Å²) in [6.07, 6.45) is -1.39. The third kappa shape index (κ3) is 3.36. The van der Waals surface area contributed by atoms with Gasteiger partial charge >= 0.3 is 6.18 Å². The number of hydrogen-bond acceptors (Lipinski definition) is 1. The normalized spacial score (nSPS) is 18.2. The van der Waals surface area contributed by atoms with Gasteiger partial charge in [0.15, 0.2) is 0 Å². The maximum atomic E-state index is 12.6. The van der Waals surface area contributed by atoms with Crippen LogP contribution in [0.3, 0.4) is 0 Å². The van der Waals surface area contributed by atoms with E-state index >= 15 is 0 Å². The molecule has 0 radical (unpaired) electrons. The second-order valence-corrected chi connectivity index (χ2v) is 4.99. The topological polar surface area (TPSA) is 26.0 Å². The number of rotatable bonds is 3. The number of nitrogens with two attached hydrogens (primary N) is 1. The molecule has 2 N–H and O–H groups in total. The minimum atomic E-state index is -4.38. The summed E-state index contributed by atoms with van der Waals surface area (Å²) < 4.78 is 37.8. The van der Waals surface area contributed by atoms with Gasteiger partial charge in [-0.15, -0.1) is 0 Å². The fourth-order valence-electron chi connectivity index (χ4n) is 1.84. The van der Waals surface area contributed by atoms with Crippen LogP contribution in [0, 0.1) is 5.92 Å². The largest absolute Gasteiger partial charge is 0.416 e. The van der Waals surface area contributed by atoms with Gasteiger partial charge in [-0.05, 0) is 36.1 Å². The van der Waals surface area contributed by atoms with Crippen LogP contribution in [0.15, 0.2) is 18.2 Å². The summed E-state index contributed by atoms with van der Waals surface area (Å²) in [5.74, 6) is 0.568. The number of benzene rings is 1. The number of hydrogen-bond donors (Lipinski definition) is 1. The fraction of sp³-hybridized carbons (Fsp3) is 0.500. The van der Waals surface area contributed by atoms with Crippen LogP contribution in [0.25, 0.3) is 0 Å². The van der Waals surface area contributed by atoms with Gasteiger partial charge in [-0.2, -0.15) is 13.2 Å². The second kappa shape index (κ2) is 4.50. The van der Waals surface area contributed by atoms with Crippen molar-refractivity contribution in [2.24, 2.45) is 11.7 Å². The van der Waals surface area contributed by atoms with Gasteiger partial charge < -0.3 is 5.73 Å². The molecule has 1 nitrogen and oxygen atoms in total. The van der Waals surface area contributed by atoms with E-state index in [-0.39, 0.29) is 11.1 Å². The van der Waals surface area contributed by atoms with Crippen LogP contribution in [0.2, 0.25) is 5.02 Å². The molecule has 1 aromatic carbocycles. The first-order valence-corrected chi connectivity index (χ1v) is 5.87. The van der Waals surface area contributed by atoms with Crippen LogP contribution in [0.4, 0.5) is 13.2 Å². The van der Waals surface area contributed by atoms with Crippen molar-refractivity contribution < 1.29 is 13.2 Å². The summed E-state index contributed by atoms with van der Waals surface area (Å²) in [4.78, 5) is 0. The second-order valence-electron chi connectivity index (χ2n) is 4.56. The van der Waals surface area contributed by atoms with Crippen LogP contribution in [0.1, 0.15) is 36.4 Å². The van der Waals surface area contributed by atoms with E-state index in [2.05, 4.69) is 0 Å². The van der Waals surface area contributed by atoms with E-state index in [0.717, 1.165) is 31.4 Å². The monoisotopic (exact) mass is 263 g/mol. The molecule has 17 heavy (non-hydrogen) atoms. The highest BCUT2D eigenvalue weighted by Gasteiger charge is 2.32. The average Bonchev–Trinajstić information content (AvgIpc) is 2.99. The highest BCUT2D eigenvalue weighted by atomic mass is 35.5. The predicted molar refractivity (Wildman–Crippen MR) is 60.7 cm³/mol. The highest BCUT2D eigenvalue weighted by molar-refractivity contribution is 6.30. The van der Waals surface area contributed by atoms with Crippen molar-refractivity contribution in [1.82, 2.24) is 0 Å². The van der Waals surface area contributed by atoms with E-state index < -0.39 is 11.7 Å². The van der Waals surface area contributed by atoms with E-state index in [9.17, 15) is 13.2 Å². The van der Waals surface area contributed by atoms with Crippen LogP contribution in [-0.2, 0) is 6.18 Å². The Hall–Kier alpha value is -0.740. The fourth-order valence-corrected chi connectivity index (χ4v) is 2.08. The first kappa shape index (κ1) is 12.7. The molecular weight excluding hydrogens is 251 g/mol. The lowest BCUT2D eigenvalue weighted by Crippen LogP contribution is -2.13. The molecule has 0 bridgehead atoms. The Bertz CT molecular complexity index is 413. The van der Waals surface area contributed by atoms with Crippen molar-refractivity contribution in [3.8, 4) is 0 Å². The van der Waals surface area contributed by atoms with Crippen LogP contribution < -0.4 is 5.73 Å². The Morgan fingerprint density at radius 1 is 1.29 bits per heavy atom. The van der Waals surface area contributed by atoms with Gasteiger partial charge in [-0.3, -0.25) is 0 Å². The molecule has 0 unspecified atom stereocenters. The molecule has 1 aliphatic rings. The van der Waals surface area contributed by atoms with Gasteiger partial charge in [-0.1, -0.05) is 24.4 Å². The Morgan fingerprint density at radius 2 is 1.94 bits per heavy atom. The van der Waals surface area contributed by atoms with E-state index in [4.69, 9.17) is 17.3 Å². The van der Waals surface area contributed by atoms with Crippen molar-refractivity contribution in [3.05, 3.63) is 34.3 Å². The molecule has 0 heterocycles. The molecule has 0 amide bonds. The summed E-state index contributed by atoms with van der Waals surface area (Å²) in [6, 6.07) is 3.18. The Kier molecular flexibility index (Phi) is 3.36. The van der Waals surface area contributed by atoms with Gasteiger partial charge in [0, 0.05) is 11.1 Å². The van der Waals surface area contributed by atoms with Gasteiger partial charge in [0.2, 0.25) is 0 Å². The van der Waals surface area contributed by atoms with Crippen molar-refractivity contribution in [2.45, 2.75) is 31.5 Å². The van der Waals surface area contributed by atoms with Gasteiger partial charge in [0.05, 0.1) is 5.56 Å². The molecular formula is C12H13ClF3N. The third-order valence-corrected chi connectivity index (χ3v) is 3.18. The van der Waals surface area contributed by atoms with Gasteiger partial charge in [0.25, 0.3) is 0 Å². The summed E-state index contributed by atoms with van der Waals surface area (Å²) in [5.41, 5.74) is 5.63. The molecule has 0 spiro atoms. The van der Waals surface area contributed by atoms with Crippen molar-refractivity contribution >= 4 is 11.6 Å². The minimum absolute atomic E-state index is 0.0843. The van der Waals surface area contributed by atoms with Crippen molar-refractivity contribution in [1.29, 1.82) is 0 Å². The number of alkyl halides is 3. The standard InChI is InChI=1S/C12H13ClF3N/c13-10-5-8(11(17)3-7-1-2-7)4-9(6-10)12(14,15)16/h4-7,11H,1-3,17H2/t11-/m1/s1. The summed E-state index contributed by atoms with van der Waals surface area (Å²) in [5, 5.41) is 0.0843. The van der Waals surface area contributed by atoms with E-state index in [1.54, 1.807) is 0 Å². The molecule has 94 valence electrons. The first-order chi connectivity index (χ1) is 7.86. The van der Waals surface area contributed by atoms with Crippen molar-refractivity contribution in [2.75, 3.05) is 0 Å². The maximum absolute atomic E-state index is 12.6. The molecule has 1 saturated carbocycles. The predicted octanol–water partition coefficient (Wildman–Crippen LogP) is 4.16. The first-order valence-electron chi connectivity index (χ1n) is 5.49. The average molecular weight is 264 g/mol. The lowest BCUT2D eigenvalue weighted by atomic mass is 10.00. The number of halogens is 4. The van der Waals surface area contributed by atoms with E-state index in [0.29, 0.717) is 11.5 Å². The summed E-state index contributed by atoms with van der Waals surface area (Å²) >= 11 is 5.70. The lowest BCUT2D eigenvalue weighted by Gasteiger charge is -2.15. The molecule has 2 rings (SSSR count). The molecule has 0 saturated heterocycles. The maximum Gasteiger partial charge on any atom is 0.416 e. The molecule has 1 atom stereocenters. The zero-order chi connectivity index (χ0) is 12.6. The molecule has 0 aliphatic heterocycles. The van der Waals surface area contributed by atoms with Gasteiger partial charge in [0.1, 0.15) is 0 Å². The zero-order valence-electron chi connectivity index (χ0n) is 9.10. The summed E-state index contributed by atoms with van der Waals surface area (Å²) in [6.45, 7) is 0. The smallest absolute Gasteiger partial charge is 0.324 e. The quantitative estimate of drug-likeness (QED) is 0.871. The Morgan fingerprint density at radius 3 is 2.47 bits per heavy atom. The molecule has 1 aromatic rings. The molecule has 0 aromatic heterocycles. The van der Waals surface area contributed by atoms with E-state index in [1.165, 1.54) is 6.07 Å². The van der Waals surface area contributed by atoms with Crippen LogP contribution >= 0.6 is 11.6 Å². The molecule has 1 fully saturated rings. The highest BCUT2D eigenvalue weighted by Crippen LogP contribution is 2.38. The van der Waals surface area contributed by atoms with Gasteiger partial charge in [-0.25, -0.2) is 0 Å². The third-order valence-electron chi connectivity index (χ3n) is 2.96.